The molecule has 1 atom stereocenters. The van der Waals surface area contributed by atoms with E-state index in [1.54, 1.807) is 30.6 Å². The third-order valence-electron chi connectivity index (χ3n) is 4.76. The van der Waals surface area contributed by atoms with Gasteiger partial charge in [0, 0.05) is 18.9 Å². The highest BCUT2D eigenvalue weighted by molar-refractivity contribution is 5.23. The first-order valence-corrected chi connectivity index (χ1v) is 9.99. The van der Waals surface area contributed by atoms with Gasteiger partial charge in [0.1, 0.15) is 11.3 Å². The summed E-state index contributed by atoms with van der Waals surface area (Å²) in [6.45, 7) is 9.27. The molecule has 1 aromatic heterocycles. The Labute approximate surface area is 166 Å². The van der Waals surface area contributed by atoms with Gasteiger partial charge in [-0.15, -0.1) is 0 Å². The molecule has 1 aliphatic rings. The van der Waals surface area contributed by atoms with E-state index in [1.165, 1.54) is 6.07 Å². The van der Waals surface area contributed by atoms with Crippen LogP contribution in [0.4, 0.5) is 4.39 Å². The largest absolute Gasteiger partial charge is 0.490 e. The molecule has 28 heavy (non-hydrogen) atoms. The molecule has 0 spiro atoms. The Balaban J connectivity index is 1.54. The fraction of sp³-hybridized carbons (Fsp3) is 0.545. The van der Waals surface area contributed by atoms with Gasteiger partial charge in [-0.3, -0.25) is 9.88 Å². The van der Waals surface area contributed by atoms with Crippen LogP contribution >= 0.6 is 0 Å². The monoisotopic (exact) mass is 387 g/mol. The second-order valence-corrected chi connectivity index (χ2v) is 8.34. The van der Waals surface area contributed by atoms with Crippen molar-refractivity contribution in [3.63, 3.8) is 0 Å². The minimum Gasteiger partial charge on any atom is -0.490 e. The summed E-state index contributed by atoms with van der Waals surface area (Å²) in [5.74, 6) is 1.08. The van der Waals surface area contributed by atoms with Gasteiger partial charge in [0.25, 0.3) is 0 Å². The Hall–Kier alpha value is -2.21. The summed E-state index contributed by atoms with van der Waals surface area (Å²) in [5.41, 5.74) is 0.567. The SMILES string of the molecule is CC(C)(C)Oc1nccnc1CN1CCCC(COc2ccccc2F)CC1. The summed E-state index contributed by atoms with van der Waals surface area (Å²) in [6.07, 6.45) is 6.57. The molecule has 1 saturated heterocycles. The van der Waals surface area contributed by atoms with Gasteiger partial charge in [-0.1, -0.05) is 12.1 Å². The zero-order valence-corrected chi connectivity index (χ0v) is 17.0. The summed E-state index contributed by atoms with van der Waals surface area (Å²) < 4.78 is 25.4. The lowest BCUT2D eigenvalue weighted by Crippen LogP contribution is -2.28. The molecule has 1 fully saturated rings. The molecule has 5 nitrogen and oxygen atoms in total. The fourth-order valence-corrected chi connectivity index (χ4v) is 3.37. The van der Waals surface area contributed by atoms with E-state index in [0.29, 0.717) is 24.2 Å². The van der Waals surface area contributed by atoms with Gasteiger partial charge in [0.2, 0.25) is 5.88 Å². The summed E-state index contributed by atoms with van der Waals surface area (Å²) in [7, 11) is 0. The quantitative estimate of drug-likeness (QED) is 0.732. The smallest absolute Gasteiger partial charge is 0.237 e. The third-order valence-corrected chi connectivity index (χ3v) is 4.76. The highest BCUT2D eigenvalue weighted by atomic mass is 19.1. The first-order chi connectivity index (χ1) is 13.4. The van der Waals surface area contributed by atoms with Gasteiger partial charge in [0.05, 0.1) is 6.61 Å². The number of benzene rings is 1. The first kappa shape index (κ1) is 20.5. The second kappa shape index (κ2) is 9.32. The number of aromatic nitrogens is 2. The Morgan fingerprint density at radius 1 is 1.11 bits per heavy atom. The van der Waals surface area contributed by atoms with Crippen LogP contribution in [0, 0.1) is 11.7 Å². The van der Waals surface area contributed by atoms with E-state index in [2.05, 4.69) is 14.9 Å². The van der Waals surface area contributed by atoms with Crippen molar-refractivity contribution in [3.05, 3.63) is 48.2 Å². The summed E-state index contributed by atoms with van der Waals surface area (Å²) in [6, 6.07) is 6.59. The Morgan fingerprint density at radius 2 is 1.89 bits per heavy atom. The summed E-state index contributed by atoms with van der Waals surface area (Å²) in [5, 5.41) is 0. The molecular weight excluding hydrogens is 357 g/mol. The molecule has 6 heteroatoms. The zero-order valence-electron chi connectivity index (χ0n) is 17.0. The molecular formula is C22H30FN3O2. The number of ether oxygens (including phenoxy) is 2. The molecule has 152 valence electrons. The lowest BCUT2D eigenvalue weighted by Gasteiger charge is -2.24. The maximum absolute atomic E-state index is 13.7. The molecule has 0 N–H and O–H groups in total. The number of nitrogens with zero attached hydrogens (tertiary/aromatic N) is 3. The van der Waals surface area contributed by atoms with Crippen molar-refractivity contribution < 1.29 is 13.9 Å². The van der Waals surface area contributed by atoms with E-state index in [4.69, 9.17) is 9.47 Å². The normalized spacial score (nSPS) is 18.5. The van der Waals surface area contributed by atoms with Crippen molar-refractivity contribution in [2.75, 3.05) is 19.7 Å². The molecule has 0 amide bonds. The van der Waals surface area contributed by atoms with Gasteiger partial charge in [-0.2, -0.15) is 0 Å². The highest BCUT2D eigenvalue weighted by Crippen LogP contribution is 2.24. The van der Waals surface area contributed by atoms with Crippen LogP contribution in [0.3, 0.4) is 0 Å². The van der Waals surface area contributed by atoms with Crippen LogP contribution in [0.2, 0.25) is 0 Å². The second-order valence-electron chi connectivity index (χ2n) is 8.34. The molecule has 1 aromatic carbocycles. The van der Waals surface area contributed by atoms with Crippen molar-refractivity contribution in [2.45, 2.75) is 52.2 Å². The van der Waals surface area contributed by atoms with E-state index >= 15 is 0 Å². The third kappa shape index (κ3) is 6.16. The highest BCUT2D eigenvalue weighted by Gasteiger charge is 2.22. The maximum atomic E-state index is 13.7. The van der Waals surface area contributed by atoms with Crippen LogP contribution < -0.4 is 9.47 Å². The van der Waals surface area contributed by atoms with Crippen molar-refractivity contribution in [1.82, 2.24) is 14.9 Å². The van der Waals surface area contributed by atoms with Crippen molar-refractivity contribution >= 4 is 0 Å². The van der Waals surface area contributed by atoms with Crippen molar-refractivity contribution in [2.24, 2.45) is 5.92 Å². The average molecular weight is 387 g/mol. The molecule has 2 heterocycles. The van der Waals surface area contributed by atoms with Gasteiger partial charge in [0.15, 0.2) is 11.6 Å². The lowest BCUT2D eigenvalue weighted by atomic mass is 10.0. The fourth-order valence-electron chi connectivity index (χ4n) is 3.37. The molecule has 2 aromatic rings. The number of para-hydroxylation sites is 1. The lowest BCUT2D eigenvalue weighted by molar-refractivity contribution is 0.119. The number of likely N-dealkylation sites (tertiary alicyclic amines) is 1. The van der Waals surface area contributed by atoms with Gasteiger partial charge in [-0.05, 0) is 71.2 Å². The summed E-state index contributed by atoms with van der Waals surface area (Å²) >= 11 is 0. The Morgan fingerprint density at radius 3 is 2.68 bits per heavy atom. The van der Waals surface area contributed by atoms with Gasteiger partial charge >= 0.3 is 0 Å². The van der Waals surface area contributed by atoms with Crippen LogP contribution in [0.5, 0.6) is 11.6 Å². The zero-order chi connectivity index (χ0) is 20.0. The Bertz CT molecular complexity index is 763. The van der Waals surface area contributed by atoms with E-state index in [1.807, 2.05) is 20.8 Å². The molecule has 1 aliphatic heterocycles. The van der Waals surface area contributed by atoms with Crippen LogP contribution in [0.1, 0.15) is 45.7 Å². The van der Waals surface area contributed by atoms with E-state index in [-0.39, 0.29) is 11.4 Å². The number of hydrogen-bond donors (Lipinski definition) is 0. The first-order valence-electron chi connectivity index (χ1n) is 9.99. The molecule has 3 rings (SSSR count). The Kier molecular flexibility index (Phi) is 6.83. The predicted molar refractivity (Wildman–Crippen MR) is 107 cm³/mol. The molecule has 1 unspecified atom stereocenters. The van der Waals surface area contributed by atoms with Crippen molar-refractivity contribution in [3.8, 4) is 11.6 Å². The van der Waals surface area contributed by atoms with Gasteiger partial charge < -0.3 is 9.47 Å². The molecule has 0 saturated carbocycles. The topological polar surface area (TPSA) is 47.5 Å². The van der Waals surface area contributed by atoms with Crippen LogP contribution in [-0.4, -0.2) is 40.2 Å². The number of hydrogen-bond acceptors (Lipinski definition) is 5. The van der Waals surface area contributed by atoms with Crippen LogP contribution in [0.15, 0.2) is 36.7 Å². The minimum absolute atomic E-state index is 0.299. The van der Waals surface area contributed by atoms with E-state index < -0.39 is 0 Å². The van der Waals surface area contributed by atoms with Crippen LogP contribution in [0.25, 0.3) is 0 Å². The summed E-state index contributed by atoms with van der Waals surface area (Å²) in [4.78, 5) is 11.3. The average Bonchev–Trinajstić information content (AvgIpc) is 2.87. The molecule has 0 aliphatic carbocycles. The van der Waals surface area contributed by atoms with Crippen molar-refractivity contribution in [1.29, 1.82) is 0 Å². The number of rotatable bonds is 6. The van der Waals surface area contributed by atoms with E-state index in [0.717, 1.165) is 44.6 Å². The minimum atomic E-state index is -0.307. The number of halogens is 1. The van der Waals surface area contributed by atoms with Gasteiger partial charge in [-0.25, -0.2) is 9.37 Å². The molecule has 0 bridgehead atoms. The predicted octanol–water partition coefficient (Wildman–Crippen LogP) is 4.47. The van der Waals surface area contributed by atoms with E-state index in [9.17, 15) is 4.39 Å². The molecule has 0 radical (unpaired) electrons. The maximum Gasteiger partial charge on any atom is 0.237 e. The van der Waals surface area contributed by atoms with Crippen LogP contribution in [-0.2, 0) is 6.54 Å². The standard InChI is InChI=1S/C22H30FN3O2/c1-22(2,3)28-21-19(24-11-12-25-21)15-26-13-6-7-17(10-14-26)16-27-20-9-5-4-8-18(20)23/h4-5,8-9,11-12,17H,6-7,10,13-16H2,1-3H3.